The number of carbonyl (C=O) groups excluding carboxylic acids is 1. The van der Waals surface area contributed by atoms with Gasteiger partial charge in [0.1, 0.15) is 23.8 Å². The first-order valence-electron chi connectivity index (χ1n) is 12.1. The highest BCUT2D eigenvalue weighted by Gasteiger charge is 2.44. The van der Waals surface area contributed by atoms with Crippen molar-refractivity contribution < 1.29 is 27.4 Å². The van der Waals surface area contributed by atoms with E-state index in [1.165, 1.54) is 34.0 Å². The molecule has 2 aliphatic heterocycles. The molecule has 1 amide bonds. The van der Waals surface area contributed by atoms with Crippen LogP contribution in [0.5, 0.6) is 11.5 Å². The quantitative estimate of drug-likeness (QED) is 0.475. The van der Waals surface area contributed by atoms with Crippen molar-refractivity contribution in [3.63, 3.8) is 0 Å². The number of pyridine rings is 1. The lowest BCUT2D eigenvalue weighted by Crippen LogP contribution is -2.62. The number of nitrogens with zero attached hydrogens (tertiary/aromatic N) is 3. The van der Waals surface area contributed by atoms with Crippen LogP contribution in [-0.4, -0.2) is 41.9 Å². The van der Waals surface area contributed by atoms with Gasteiger partial charge in [-0.2, -0.15) is 0 Å². The number of amides is 1. The first kappa shape index (κ1) is 24.7. The summed E-state index contributed by atoms with van der Waals surface area (Å²) in [7, 11) is 1.57. The van der Waals surface area contributed by atoms with E-state index >= 15 is 4.39 Å². The van der Waals surface area contributed by atoms with E-state index in [-0.39, 0.29) is 48.0 Å². The summed E-state index contributed by atoms with van der Waals surface area (Å²) in [5.41, 5.74) is -0.149. The molecule has 0 N–H and O–H groups in total. The summed E-state index contributed by atoms with van der Waals surface area (Å²) in [5, 5.41) is 1.69. The molecular weight excluding hydrogens is 487 g/mol. The van der Waals surface area contributed by atoms with Crippen LogP contribution in [-0.2, 0) is 0 Å². The molecule has 7 nitrogen and oxygen atoms in total. The van der Waals surface area contributed by atoms with E-state index in [1.54, 1.807) is 24.2 Å². The van der Waals surface area contributed by atoms with Gasteiger partial charge in [-0.15, -0.1) is 0 Å². The van der Waals surface area contributed by atoms with Crippen LogP contribution in [0.3, 0.4) is 0 Å². The first-order chi connectivity index (χ1) is 17.8. The Balaban J connectivity index is 1.80. The largest absolute Gasteiger partial charge is 0.493 e. The van der Waals surface area contributed by atoms with Crippen molar-refractivity contribution in [3.8, 4) is 11.5 Å². The second-order valence-corrected chi connectivity index (χ2v) is 9.05. The summed E-state index contributed by atoms with van der Waals surface area (Å²) in [6.07, 6.45) is 2.53. The van der Waals surface area contributed by atoms with Gasteiger partial charge < -0.3 is 14.4 Å². The van der Waals surface area contributed by atoms with Crippen molar-refractivity contribution in [1.29, 1.82) is 0 Å². The number of aromatic nitrogens is 1. The van der Waals surface area contributed by atoms with Gasteiger partial charge in [0, 0.05) is 42.9 Å². The molecule has 5 rings (SSSR count). The third-order valence-electron chi connectivity index (χ3n) is 6.75. The van der Waals surface area contributed by atoms with E-state index in [2.05, 4.69) is 0 Å². The van der Waals surface area contributed by atoms with Crippen LogP contribution in [0.2, 0.25) is 0 Å². The third-order valence-corrected chi connectivity index (χ3v) is 6.75. The monoisotopic (exact) mass is 513 g/mol. The van der Waals surface area contributed by atoms with Crippen LogP contribution < -0.4 is 19.9 Å². The van der Waals surface area contributed by atoms with Gasteiger partial charge in [-0.25, -0.2) is 13.2 Å². The van der Waals surface area contributed by atoms with Crippen molar-refractivity contribution in [2.75, 3.05) is 25.3 Å². The van der Waals surface area contributed by atoms with Crippen LogP contribution in [0.1, 0.15) is 53.8 Å². The molecule has 2 atom stereocenters. The fourth-order valence-electron chi connectivity index (χ4n) is 4.91. The lowest BCUT2D eigenvalue weighted by atomic mass is 9.94. The zero-order chi connectivity index (χ0) is 26.3. The lowest BCUT2D eigenvalue weighted by molar-refractivity contribution is 0.0569. The maximum absolute atomic E-state index is 15.3. The van der Waals surface area contributed by atoms with Crippen LogP contribution in [0.4, 0.5) is 13.2 Å². The number of halogens is 3. The van der Waals surface area contributed by atoms with Crippen LogP contribution in [0.15, 0.2) is 53.5 Å². The van der Waals surface area contributed by atoms with Crippen molar-refractivity contribution in [3.05, 3.63) is 93.2 Å². The van der Waals surface area contributed by atoms with Crippen LogP contribution in [0, 0.1) is 17.5 Å². The molecule has 0 fully saturated rings. The Labute approximate surface area is 211 Å². The van der Waals surface area contributed by atoms with E-state index in [0.717, 1.165) is 18.6 Å². The number of rotatable bonds is 5. The topological polar surface area (TPSA) is 64.0 Å². The fraction of sp³-hybridized carbons (Fsp3) is 0.333. The Bertz CT molecular complexity index is 1410. The van der Waals surface area contributed by atoms with Gasteiger partial charge in [0.15, 0.2) is 23.1 Å². The van der Waals surface area contributed by atoms with Crippen LogP contribution in [0.25, 0.3) is 0 Å². The second-order valence-electron chi connectivity index (χ2n) is 9.05. The Morgan fingerprint density at radius 3 is 2.54 bits per heavy atom. The van der Waals surface area contributed by atoms with E-state index in [0.29, 0.717) is 6.42 Å². The molecule has 37 heavy (non-hydrogen) atoms. The van der Waals surface area contributed by atoms with E-state index in [4.69, 9.17) is 9.47 Å². The molecule has 3 aromatic rings. The molecule has 2 aromatic carbocycles. The highest BCUT2D eigenvalue weighted by Crippen LogP contribution is 2.42. The standard InChI is InChI=1S/C27H26F3N3O4/c1-3-4-12-37-26-21(34)9-11-32-25(26)27(35)31(2)23-10-13-36-22-15-20(30)19(29)14-17(22)24(33(23)32)16-7-5-6-8-18(16)28/h5-9,11,14-15,23-24H,3-4,10,12-13H2,1-2H3/t23-,24?/m0/s1. The molecule has 2 aliphatic rings. The van der Waals surface area contributed by atoms with Gasteiger partial charge in [0.05, 0.1) is 13.2 Å². The Kier molecular flexibility index (Phi) is 6.57. The van der Waals surface area contributed by atoms with Gasteiger partial charge >= 0.3 is 0 Å². The molecule has 0 saturated carbocycles. The summed E-state index contributed by atoms with van der Waals surface area (Å²) in [6.45, 7) is 2.29. The maximum atomic E-state index is 15.3. The van der Waals surface area contributed by atoms with Gasteiger partial charge in [0.2, 0.25) is 5.43 Å². The van der Waals surface area contributed by atoms with E-state index in [1.807, 2.05) is 6.92 Å². The van der Waals surface area contributed by atoms with Crippen molar-refractivity contribution in [2.45, 2.75) is 38.4 Å². The lowest BCUT2D eigenvalue weighted by Gasteiger charge is -2.50. The predicted octanol–water partition coefficient (Wildman–Crippen LogP) is 4.37. The Morgan fingerprint density at radius 1 is 1.03 bits per heavy atom. The maximum Gasteiger partial charge on any atom is 0.277 e. The minimum atomic E-state index is -1.12. The number of benzene rings is 2. The second kappa shape index (κ2) is 9.84. The molecule has 0 aliphatic carbocycles. The molecule has 0 radical (unpaired) electrons. The summed E-state index contributed by atoms with van der Waals surface area (Å²) in [4.78, 5) is 27.8. The highest BCUT2D eigenvalue weighted by molar-refractivity contribution is 5.96. The molecular formula is C27H26F3N3O4. The van der Waals surface area contributed by atoms with Crippen molar-refractivity contribution >= 4 is 5.91 Å². The normalized spacial score (nSPS) is 18.8. The summed E-state index contributed by atoms with van der Waals surface area (Å²) in [5.74, 6) is -3.29. The minimum absolute atomic E-state index is 0.0192. The number of hydrogen-bond donors (Lipinski definition) is 0. The van der Waals surface area contributed by atoms with E-state index in [9.17, 15) is 18.4 Å². The fourth-order valence-corrected chi connectivity index (χ4v) is 4.91. The average Bonchev–Trinajstić information content (AvgIpc) is 2.87. The number of unbranched alkanes of at least 4 members (excludes halogenated alkanes) is 1. The van der Waals surface area contributed by atoms with Crippen molar-refractivity contribution in [2.24, 2.45) is 0 Å². The summed E-state index contributed by atoms with van der Waals surface area (Å²) >= 11 is 0. The summed E-state index contributed by atoms with van der Waals surface area (Å²) in [6, 6.07) is 8.15. The Morgan fingerprint density at radius 2 is 1.78 bits per heavy atom. The summed E-state index contributed by atoms with van der Waals surface area (Å²) < 4.78 is 57.2. The first-order valence-corrected chi connectivity index (χ1v) is 12.1. The van der Waals surface area contributed by atoms with E-state index < -0.39 is 41.0 Å². The smallest absolute Gasteiger partial charge is 0.277 e. The molecule has 1 unspecified atom stereocenters. The third kappa shape index (κ3) is 4.20. The molecule has 3 heterocycles. The molecule has 10 heteroatoms. The average molecular weight is 514 g/mol. The zero-order valence-corrected chi connectivity index (χ0v) is 20.4. The highest BCUT2D eigenvalue weighted by atomic mass is 19.2. The predicted molar refractivity (Wildman–Crippen MR) is 130 cm³/mol. The van der Waals surface area contributed by atoms with Gasteiger partial charge in [-0.05, 0) is 18.6 Å². The number of fused-ring (bicyclic) bond motifs is 4. The van der Waals surface area contributed by atoms with Crippen LogP contribution >= 0.6 is 0 Å². The number of ether oxygens (including phenoxy) is 2. The van der Waals surface area contributed by atoms with Crippen molar-refractivity contribution in [1.82, 2.24) is 9.58 Å². The number of carbonyl (C=O) groups is 1. The molecule has 0 bridgehead atoms. The molecule has 0 saturated heterocycles. The SMILES string of the molecule is CCCCOc1c2n(ccc1=O)N1C(c3ccccc3F)c3cc(F)c(F)cc3OCC[C@H]1N(C)C2=O. The Hall–Kier alpha value is -3.95. The van der Waals surface area contributed by atoms with Gasteiger partial charge in [0.25, 0.3) is 5.91 Å². The van der Waals surface area contributed by atoms with Gasteiger partial charge in [-0.1, -0.05) is 31.5 Å². The molecule has 194 valence electrons. The minimum Gasteiger partial charge on any atom is -0.493 e. The van der Waals surface area contributed by atoms with Gasteiger partial charge in [-0.3, -0.25) is 19.3 Å². The number of hydrogen-bond acceptors (Lipinski definition) is 5. The molecule has 0 spiro atoms. The zero-order valence-electron chi connectivity index (χ0n) is 20.4. The molecule has 1 aromatic heterocycles.